The van der Waals surface area contributed by atoms with Gasteiger partial charge in [0.1, 0.15) is 5.75 Å². The molecule has 2 aromatic carbocycles. The number of ether oxygens (including phenoxy) is 1. The molecule has 0 atom stereocenters. The fourth-order valence-electron chi connectivity index (χ4n) is 1.83. The van der Waals surface area contributed by atoms with E-state index in [-0.39, 0.29) is 11.7 Å². The average molecular weight is 503 g/mol. The van der Waals surface area contributed by atoms with Crippen molar-refractivity contribution >= 4 is 74.4 Å². The molecular weight excluding hydrogens is 489 g/mol. The average Bonchev–Trinajstić information content (AvgIpc) is 2.65. The molecule has 0 unspecified atom stereocenters. The van der Waals surface area contributed by atoms with Crippen LogP contribution in [0.4, 0.5) is 0 Å². The minimum Gasteiger partial charge on any atom is -0.482 e. The van der Waals surface area contributed by atoms with Gasteiger partial charge in [-0.2, -0.15) is 0 Å². The molecule has 0 aliphatic heterocycles. The molecule has 2 rings (SSSR count). The summed E-state index contributed by atoms with van der Waals surface area (Å²) in [5, 5.41) is 3.30. The van der Waals surface area contributed by atoms with Crippen molar-refractivity contribution in [3.8, 4) is 5.75 Å². The second-order valence-electron chi connectivity index (χ2n) is 5.24. The minimum atomic E-state index is -0.507. The first-order valence-electron chi connectivity index (χ1n) is 7.75. The van der Waals surface area contributed by atoms with E-state index in [0.717, 1.165) is 10.0 Å². The summed E-state index contributed by atoms with van der Waals surface area (Å²) in [6.07, 6.45) is 2.90. The number of hydrogen-bond donors (Lipinski definition) is 3. The highest BCUT2D eigenvalue weighted by Gasteiger charge is 2.07. The summed E-state index contributed by atoms with van der Waals surface area (Å²) in [5.41, 5.74) is 5.52. The zero-order valence-electron chi connectivity index (χ0n) is 14.2. The van der Waals surface area contributed by atoms with Gasteiger partial charge in [-0.25, -0.2) is 0 Å². The standard InChI is InChI=1S/C18H14BrCl2N3O3S/c19-12-4-7-15(14(21)9-12)27-10-17(26)23-24-18(28)22-16(25)8-3-11-1-5-13(20)6-2-11/h1-9H,10H2,(H,23,26)(H2,22,24,25,28)/b8-3+. The van der Waals surface area contributed by atoms with E-state index >= 15 is 0 Å². The number of hydrogen-bond acceptors (Lipinski definition) is 4. The summed E-state index contributed by atoms with van der Waals surface area (Å²) in [6.45, 7) is -0.290. The minimum absolute atomic E-state index is 0.0687. The van der Waals surface area contributed by atoms with Crippen molar-refractivity contribution < 1.29 is 14.3 Å². The quantitative estimate of drug-likeness (QED) is 0.328. The molecule has 146 valence electrons. The van der Waals surface area contributed by atoms with Gasteiger partial charge >= 0.3 is 0 Å². The van der Waals surface area contributed by atoms with Crippen LogP contribution in [-0.2, 0) is 9.59 Å². The van der Waals surface area contributed by atoms with Gasteiger partial charge in [0.2, 0.25) is 5.91 Å². The topological polar surface area (TPSA) is 79.5 Å². The van der Waals surface area contributed by atoms with E-state index in [2.05, 4.69) is 32.1 Å². The van der Waals surface area contributed by atoms with Crippen molar-refractivity contribution in [1.29, 1.82) is 0 Å². The van der Waals surface area contributed by atoms with Crippen LogP contribution >= 0.6 is 51.3 Å². The summed E-state index contributed by atoms with van der Waals surface area (Å²) in [5.74, 6) is -0.602. The van der Waals surface area contributed by atoms with Crippen molar-refractivity contribution in [2.75, 3.05) is 6.61 Å². The molecule has 28 heavy (non-hydrogen) atoms. The molecule has 0 saturated heterocycles. The molecule has 0 aromatic heterocycles. The van der Waals surface area contributed by atoms with Gasteiger partial charge in [0.15, 0.2) is 11.7 Å². The third kappa shape index (κ3) is 7.85. The predicted molar refractivity (Wildman–Crippen MR) is 117 cm³/mol. The summed E-state index contributed by atoms with van der Waals surface area (Å²) in [7, 11) is 0. The van der Waals surface area contributed by atoms with Crippen molar-refractivity contribution in [3.05, 3.63) is 68.6 Å². The summed E-state index contributed by atoms with van der Waals surface area (Å²) < 4.78 is 6.10. The molecule has 0 heterocycles. The van der Waals surface area contributed by atoms with E-state index in [0.29, 0.717) is 15.8 Å². The molecule has 2 amide bonds. The summed E-state index contributed by atoms with van der Waals surface area (Å²) in [4.78, 5) is 23.6. The van der Waals surface area contributed by atoms with Crippen LogP contribution in [-0.4, -0.2) is 23.5 Å². The van der Waals surface area contributed by atoms with Gasteiger partial charge in [0, 0.05) is 15.6 Å². The van der Waals surface area contributed by atoms with Crippen LogP contribution in [0, 0.1) is 0 Å². The van der Waals surface area contributed by atoms with Crippen LogP contribution in [0.3, 0.4) is 0 Å². The molecule has 6 nitrogen and oxygen atoms in total. The van der Waals surface area contributed by atoms with Gasteiger partial charge in [-0.3, -0.25) is 25.8 Å². The number of rotatable bonds is 5. The predicted octanol–water partition coefficient (Wildman–Crippen LogP) is 3.87. The largest absolute Gasteiger partial charge is 0.482 e. The first-order chi connectivity index (χ1) is 13.3. The molecular formula is C18H14BrCl2N3O3S. The van der Waals surface area contributed by atoms with Crippen molar-refractivity contribution in [2.45, 2.75) is 0 Å². The third-order valence-electron chi connectivity index (χ3n) is 3.10. The van der Waals surface area contributed by atoms with Gasteiger partial charge in [-0.1, -0.05) is 51.3 Å². The van der Waals surface area contributed by atoms with Crippen molar-refractivity contribution in [1.82, 2.24) is 16.2 Å². The first kappa shape index (κ1) is 22.2. The van der Waals surface area contributed by atoms with E-state index < -0.39 is 11.8 Å². The van der Waals surface area contributed by atoms with Gasteiger partial charge in [-0.05, 0) is 54.2 Å². The second-order valence-corrected chi connectivity index (χ2v) is 7.41. The van der Waals surface area contributed by atoms with E-state index in [1.54, 1.807) is 48.5 Å². The highest BCUT2D eigenvalue weighted by Crippen LogP contribution is 2.27. The van der Waals surface area contributed by atoms with E-state index in [4.69, 9.17) is 40.2 Å². The number of nitrogens with one attached hydrogen (secondary N) is 3. The van der Waals surface area contributed by atoms with Gasteiger partial charge in [0.25, 0.3) is 5.91 Å². The molecule has 0 fully saturated rings. The number of benzene rings is 2. The van der Waals surface area contributed by atoms with Gasteiger partial charge < -0.3 is 4.74 Å². The zero-order chi connectivity index (χ0) is 20.5. The number of amides is 2. The first-order valence-corrected chi connectivity index (χ1v) is 9.70. The zero-order valence-corrected chi connectivity index (χ0v) is 18.1. The Bertz CT molecular complexity index is 907. The van der Waals surface area contributed by atoms with Crippen LogP contribution in [0.1, 0.15) is 5.56 Å². The molecule has 10 heteroatoms. The van der Waals surface area contributed by atoms with Crippen LogP contribution in [0.5, 0.6) is 5.75 Å². The number of carbonyl (C=O) groups excluding carboxylic acids is 2. The Morgan fingerprint density at radius 2 is 1.82 bits per heavy atom. The Balaban J connectivity index is 1.71. The smallest absolute Gasteiger partial charge is 0.276 e. The molecule has 0 aliphatic rings. The lowest BCUT2D eigenvalue weighted by molar-refractivity contribution is -0.123. The van der Waals surface area contributed by atoms with Crippen LogP contribution in [0.15, 0.2) is 53.0 Å². The molecule has 0 bridgehead atoms. The van der Waals surface area contributed by atoms with Gasteiger partial charge in [-0.15, -0.1) is 0 Å². The molecule has 2 aromatic rings. The van der Waals surface area contributed by atoms with Crippen LogP contribution in [0.2, 0.25) is 10.0 Å². The highest BCUT2D eigenvalue weighted by atomic mass is 79.9. The molecule has 0 saturated carbocycles. The maximum absolute atomic E-state index is 11.8. The molecule has 3 N–H and O–H groups in total. The Morgan fingerprint density at radius 3 is 2.50 bits per heavy atom. The van der Waals surface area contributed by atoms with Crippen LogP contribution in [0.25, 0.3) is 6.08 Å². The molecule has 0 aliphatic carbocycles. The maximum Gasteiger partial charge on any atom is 0.276 e. The summed E-state index contributed by atoms with van der Waals surface area (Å²) >= 11 is 20.0. The maximum atomic E-state index is 11.8. The summed E-state index contributed by atoms with van der Waals surface area (Å²) in [6, 6.07) is 12.0. The second kappa shape index (κ2) is 11.0. The van der Waals surface area contributed by atoms with Crippen LogP contribution < -0.4 is 20.9 Å². The number of carbonyl (C=O) groups is 2. The van der Waals surface area contributed by atoms with Crippen molar-refractivity contribution in [3.63, 3.8) is 0 Å². The number of thiocarbonyl (C=S) groups is 1. The lowest BCUT2D eigenvalue weighted by atomic mass is 10.2. The lowest BCUT2D eigenvalue weighted by Gasteiger charge is -2.11. The SMILES string of the molecule is O=C(/C=C/c1ccc(Cl)cc1)NC(=S)NNC(=O)COc1ccc(Br)cc1Cl. The third-order valence-corrected chi connectivity index (χ3v) is 4.35. The fourth-order valence-corrected chi connectivity index (χ4v) is 2.83. The fraction of sp³-hybridized carbons (Fsp3) is 0.0556. The Hall–Kier alpha value is -2.13. The Labute approximate surface area is 185 Å². The number of halogens is 3. The molecule has 0 spiro atoms. The lowest BCUT2D eigenvalue weighted by Crippen LogP contribution is -2.49. The number of hydrazine groups is 1. The Morgan fingerprint density at radius 1 is 1.11 bits per heavy atom. The monoisotopic (exact) mass is 501 g/mol. The van der Waals surface area contributed by atoms with E-state index in [1.807, 2.05) is 0 Å². The molecule has 0 radical (unpaired) electrons. The van der Waals surface area contributed by atoms with Gasteiger partial charge in [0.05, 0.1) is 5.02 Å². The Kier molecular flexibility index (Phi) is 8.72. The highest BCUT2D eigenvalue weighted by molar-refractivity contribution is 9.10. The normalized spacial score (nSPS) is 10.4. The van der Waals surface area contributed by atoms with E-state index in [1.165, 1.54) is 6.08 Å². The van der Waals surface area contributed by atoms with Crippen molar-refractivity contribution in [2.24, 2.45) is 0 Å². The van der Waals surface area contributed by atoms with E-state index in [9.17, 15) is 9.59 Å².